The molecule has 0 unspecified atom stereocenters. The summed E-state index contributed by atoms with van der Waals surface area (Å²) in [6, 6.07) is 14.8. The van der Waals surface area contributed by atoms with Crippen LogP contribution in [-0.2, 0) is 9.59 Å². The van der Waals surface area contributed by atoms with E-state index in [0.717, 1.165) is 38.5 Å². The zero-order valence-corrected chi connectivity index (χ0v) is 17.0. The predicted molar refractivity (Wildman–Crippen MR) is 115 cm³/mol. The monoisotopic (exact) mass is 420 g/mol. The zero-order valence-electron chi connectivity index (χ0n) is 16.2. The largest absolute Gasteiger partial charge is 0.325 e. The number of hydrogen-bond acceptors (Lipinski definition) is 5. The van der Waals surface area contributed by atoms with Crippen LogP contribution in [-0.4, -0.2) is 39.8 Å². The van der Waals surface area contributed by atoms with Gasteiger partial charge < -0.3 is 10.6 Å². The number of carbonyl (C=O) groups is 3. The van der Waals surface area contributed by atoms with Crippen LogP contribution in [0.3, 0.4) is 0 Å². The number of benzene rings is 2. The lowest BCUT2D eigenvalue weighted by Crippen LogP contribution is -2.44. The molecule has 1 saturated carbocycles. The van der Waals surface area contributed by atoms with E-state index in [2.05, 4.69) is 15.6 Å². The van der Waals surface area contributed by atoms with Crippen molar-refractivity contribution in [2.75, 3.05) is 11.9 Å². The lowest BCUT2D eigenvalue weighted by Gasteiger charge is -2.20. The van der Waals surface area contributed by atoms with Crippen molar-refractivity contribution in [3.63, 3.8) is 0 Å². The highest BCUT2D eigenvalue weighted by Crippen LogP contribution is 2.36. The van der Waals surface area contributed by atoms with Gasteiger partial charge in [0.2, 0.25) is 5.91 Å². The molecule has 3 aromatic rings. The third-order valence-electron chi connectivity index (χ3n) is 5.73. The molecule has 1 aliphatic carbocycles. The maximum atomic E-state index is 12.8. The molecule has 152 valence electrons. The number of para-hydroxylation sites is 2. The number of aromatic nitrogens is 1. The highest BCUT2D eigenvalue weighted by Gasteiger charge is 2.52. The second kappa shape index (κ2) is 7.21. The highest BCUT2D eigenvalue weighted by atomic mass is 32.1. The summed E-state index contributed by atoms with van der Waals surface area (Å²) in [5.74, 6) is -0.707. The van der Waals surface area contributed by atoms with Gasteiger partial charge in [0.1, 0.15) is 17.1 Å². The first-order chi connectivity index (χ1) is 14.6. The molecule has 2 N–H and O–H groups in total. The summed E-state index contributed by atoms with van der Waals surface area (Å²) < 4.78 is 1.06. The molecule has 2 heterocycles. The van der Waals surface area contributed by atoms with Gasteiger partial charge in [-0.3, -0.25) is 14.5 Å². The molecule has 2 fully saturated rings. The van der Waals surface area contributed by atoms with E-state index in [1.54, 1.807) is 17.4 Å². The van der Waals surface area contributed by atoms with Crippen molar-refractivity contribution >= 4 is 45.1 Å². The molecule has 0 atom stereocenters. The summed E-state index contributed by atoms with van der Waals surface area (Å²) >= 11 is 1.55. The van der Waals surface area contributed by atoms with Crippen LogP contribution in [0.1, 0.15) is 25.7 Å². The van der Waals surface area contributed by atoms with Crippen molar-refractivity contribution < 1.29 is 14.4 Å². The Hall–Kier alpha value is -3.26. The van der Waals surface area contributed by atoms with Gasteiger partial charge in [0.05, 0.1) is 15.9 Å². The Bertz CT molecular complexity index is 1130. The maximum absolute atomic E-state index is 12.8. The summed E-state index contributed by atoms with van der Waals surface area (Å²) in [6.45, 7) is -0.305. The summed E-state index contributed by atoms with van der Waals surface area (Å²) in [4.78, 5) is 43.5. The van der Waals surface area contributed by atoms with Crippen LogP contribution < -0.4 is 10.6 Å². The molecule has 2 aromatic carbocycles. The summed E-state index contributed by atoms with van der Waals surface area (Å²) in [7, 11) is 0. The molecule has 0 radical (unpaired) electrons. The number of anilines is 1. The van der Waals surface area contributed by atoms with E-state index in [0.29, 0.717) is 18.5 Å². The number of carbonyl (C=O) groups excluding carboxylic acids is 3. The number of amides is 4. The lowest BCUT2D eigenvalue weighted by atomic mass is 9.98. The predicted octanol–water partition coefficient (Wildman–Crippen LogP) is 3.77. The minimum atomic E-state index is -0.809. The normalized spacial score (nSPS) is 17.7. The number of fused-ring (bicyclic) bond motifs is 1. The first-order valence-electron chi connectivity index (χ1n) is 9.95. The first-order valence-corrected chi connectivity index (χ1v) is 10.8. The van der Waals surface area contributed by atoms with Gasteiger partial charge in [-0.1, -0.05) is 37.1 Å². The van der Waals surface area contributed by atoms with Gasteiger partial charge in [-0.05, 0) is 37.1 Å². The van der Waals surface area contributed by atoms with Crippen LogP contribution in [0.4, 0.5) is 10.5 Å². The molecular weight excluding hydrogens is 400 g/mol. The second-order valence-electron chi connectivity index (χ2n) is 7.69. The molecule has 8 heteroatoms. The molecule has 1 aromatic heterocycles. The Morgan fingerprint density at radius 3 is 2.63 bits per heavy atom. The third kappa shape index (κ3) is 3.13. The SMILES string of the molecule is O=C(CN1C(=O)NC2(CCCC2)C1=O)Nc1ccccc1-c1nc2ccccc2s1. The minimum Gasteiger partial charge on any atom is -0.324 e. The molecule has 5 rings (SSSR count). The van der Waals surface area contributed by atoms with Crippen LogP contribution in [0.2, 0.25) is 0 Å². The van der Waals surface area contributed by atoms with E-state index >= 15 is 0 Å². The van der Waals surface area contributed by atoms with Crippen molar-refractivity contribution in [3.8, 4) is 10.6 Å². The van der Waals surface area contributed by atoms with Crippen molar-refractivity contribution in [2.45, 2.75) is 31.2 Å². The second-order valence-corrected chi connectivity index (χ2v) is 8.72. The highest BCUT2D eigenvalue weighted by molar-refractivity contribution is 7.21. The summed E-state index contributed by atoms with van der Waals surface area (Å²) in [6.07, 6.45) is 3.08. The topological polar surface area (TPSA) is 91.4 Å². The number of imide groups is 1. The van der Waals surface area contributed by atoms with Gasteiger partial charge >= 0.3 is 6.03 Å². The summed E-state index contributed by atoms with van der Waals surface area (Å²) in [5.41, 5.74) is 1.50. The van der Waals surface area contributed by atoms with E-state index in [9.17, 15) is 14.4 Å². The number of hydrogen-bond donors (Lipinski definition) is 2. The Labute approximate surface area is 177 Å². The Balaban J connectivity index is 1.36. The van der Waals surface area contributed by atoms with Gasteiger partial charge in [-0.2, -0.15) is 0 Å². The molecule has 1 spiro atoms. The molecule has 1 saturated heterocycles. The van der Waals surface area contributed by atoms with Gasteiger partial charge in [0.15, 0.2) is 0 Å². The van der Waals surface area contributed by atoms with E-state index in [-0.39, 0.29) is 12.5 Å². The number of urea groups is 1. The van der Waals surface area contributed by atoms with Crippen molar-refractivity contribution in [1.82, 2.24) is 15.2 Å². The Kier molecular flexibility index (Phi) is 4.51. The fraction of sp³-hybridized carbons (Fsp3) is 0.273. The molecule has 2 aliphatic rings. The quantitative estimate of drug-likeness (QED) is 0.629. The fourth-order valence-electron chi connectivity index (χ4n) is 4.24. The van der Waals surface area contributed by atoms with Gasteiger partial charge in [-0.15, -0.1) is 11.3 Å². The van der Waals surface area contributed by atoms with Crippen molar-refractivity contribution in [3.05, 3.63) is 48.5 Å². The molecule has 0 bridgehead atoms. The van der Waals surface area contributed by atoms with Gasteiger partial charge in [-0.25, -0.2) is 9.78 Å². The van der Waals surface area contributed by atoms with E-state index < -0.39 is 17.5 Å². The van der Waals surface area contributed by atoms with Crippen LogP contribution in [0.5, 0.6) is 0 Å². The number of nitrogens with zero attached hydrogens (tertiary/aromatic N) is 2. The van der Waals surface area contributed by atoms with Gasteiger partial charge in [0, 0.05) is 5.56 Å². The van der Waals surface area contributed by atoms with Crippen molar-refractivity contribution in [1.29, 1.82) is 0 Å². The maximum Gasteiger partial charge on any atom is 0.325 e. The standard InChI is InChI=1S/C22H20N4O3S/c27-18(13-26-20(28)22(25-21(26)29)11-5-6-12-22)23-15-8-2-1-7-14(15)19-24-16-9-3-4-10-17(16)30-19/h1-4,7-10H,5-6,11-13H2,(H,23,27)(H,25,29). The first kappa shape index (κ1) is 18.7. The molecule has 7 nitrogen and oxygen atoms in total. The average molecular weight is 420 g/mol. The van der Waals surface area contributed by atoms with E-state index in [4.69, 9.17) is 0 Å². The number of rotatable bonds is 4. The van der Waals surface area contributed by atoms with Crippen LogP contribution >= 0.6 is 11.3 Å². The lowest BCUT2D eigenvalue weighted by molar-refractivity contribution is -0.133. The molecule has 4 amide bonds. The smallest absolute Gasteiger partial charge is 0.324 e. The van der Waals surface area contributed by atoms with Crippen LogP contribution in [0.25, 0.3) is 20.8 Å². The fourth-order valence-corrected chi connectivity index (χ4v) is 5.24. The van der Waals surface area contributed by atoms with Gasteiger partial charge in [0.25, 0.3) is 5.91 Å². The average Bonchev–Trinajstić information content (AvgIpc) is 3.44. The van der Waals surface area contributed by atoms with Crippen molar-refractivity contribution in [2.24, 2.45) is 0 Å². The minimum absolute atomic E-state index is 0.292. The number of nitrogens with one attached hydrogen (secondary N) is 2. The Morgan fingerprint density at radius 1 is 1.10 bits per heavy atom. The third-order valence-corrected chi connectivity index (χ3v) is 6.80. The number of thiazole rings is 1. The van der Waals surface area contributed by atoms with Crippen LogP contribution in [0, 0.1) is 0 Å². The van der Waals surface area contributed by atoms with E-state index in [1.807, 2.05) is 42.5 Å². The zero-order chi connectivity index (χ0) is 20.7. The summed E-state index contributed by atoms with van der Waals surface area (Å²) in [5, 5.41) is 6.45. The molecular formula is C22H20N4O3S. The van der Waals surface area contributed by atoms with E-state index in [1.165, 1.54) is 0 Å². The molecule has 30 heavy (non-hydrogen) atoms. The van der Waals surface area contributed by atoms with Crippen LogP contribution in [0.15, 0.2) is 48.5 Å². The molecule has 1 aliphatic heterocycles. The Morgan fingerprint density at radius 2 is 1.83 bits per heavy atom.